The van der Waals surface area contributed by atoms with Crippen molar-refractivity contribution < 1.29 is 19.5 Å². The van der Waals surface area contributed by atoms with Crippen LogP contribution in [-0.2, 0) is 16.1 Å². The van der Waals surface area contributed by atoms with Gasteiger partial charge in [0.25, 0.3) is 5.91 Å². The molecular weight excluding hydrogens is 228 g/mol. The molecule has 1 rings (SSSR count). The van der Waals surface area contributed by atoms with Gasteiger partial charge in [-0.15, -0.1) is 0 Å². The maximum absolute atomic E-state index is 11.4. The Kier molecular flexibility index (Phi) is 4.21. The second kappa shape index (κ2) is 5.64. The first kappa shape index (κ1) is 12.7. The van der Waals surface area contributed by atoms with Crippen molar-refractivity contribution in [3.8, 4) is 0 Å². The van der Waals surface area contributed by atoms with Crippen LogP contribution in [-0.4, -0.2) is 39.2 Å². The zero-order valence-corrected chi connectivity index (χ0v) is 8.92. The number of hydrogen-bond acceptors (Lipinski definition) is 4. The van der Waals surface area contributed by atoms with Crippen LogP contribution in [0.15, 0.2) is 12.4 Å². The number of carboxylic acid groups (broad SMARTS) is 1. The van der Waals surface area contributed by atoms with Crippen LogP contribution in [0.1, 0.15) is 16.8 Å². The number of hydrogen-bond donors (Lipinski definition) is 3. The predicted molar refractivity (Wildman–Crippen MR) is 56.0 cm³/mol. The summed E-state index contributed by atoms with van der Waals surface area (Å²) < 4.78 is 1.34. The number of nitrogens with one attached hydrogen (secondary N) is 1. The van der Waals surface area contributed by atoms with E-state index in [0.717, 1.165) is 0 Å². The Bertz CT molecular complexity index is 440. The number of aliphatic carboxylic acids is 1. The van der Waals surface area contributed by atoms with Gasteiger partial charge in [-0.25, -0.2) is 0 Å². The molecule has 92 valence electrons. The highest BCUT2D eigenvalue weighted by Crippen LogP contribution is 1.98. The molecule has 8 nitrogen and oxygen atoms in total. The van der Waals surface area contributed by atoms with Gasteiger partial charge in [-0.2, -0.15) is 5.10 Å². The summed E-state index contributed by atoms with van der Waals surface area (Å²) >= 11 is 0. The van der Waals surface area contributed by atoms with Crippen LogP contribution < -0.4 is 11.1 Å². The van der Waals surface area contributed by atoms with Crippen LogP contribution in [0.2, 0.25) is 0 Å². The topological polar surface area (TPSA) is 127 Å². The van der Waals surface area contributed by atoms with E-state index < -0.39 is 17.8 Å². The smallest absolute Gasteiger partial charge is 0.305 e. The lowest BCUT2D eigenvalue weighted by Crippen LogP contribution is -2.33. The molecule has 17 heavy (non-hydrogen) atoms. The Balaban J connectivity index is 2.52. The van der Waals surface area contributed by atoms with Crippen molar-refractivity contribution in [2.45, 2.75) is 13.0 Å². The number of carbonyl (C=O) groups is 3. The summed E-state index contributed by atoms with van der Waals surface area (Å²) in [6, 6.07) is 0. The molecule has 0 atom stereocenters. The van der Waals surface area contributed by atoms with Crippen LogP contribution in [0.4, 0.5) is 0 Å². The molecule has 8 heteroatoms. The highest BCUT2D eigenvalue weighted by Gasteiger charge is 2.09. The zero-order chi connectivity index (χ0) is 12.8. The van der Waals surface area contributed by atoms with Crippen LogP contribution >= 0.6 is 0 Å². The third-order valence-corrected chi connectivity index (χ3v) is 1.87. The van der Waals surface area contributed by atoms with Crippen LogP contribution in [0.5, 0.6) is 0 Å². The number of nitrogens with two attached hydrogens (primary N) is 1. The number of primary amides is 1. The van der Waals surface area contributed by atoms with E-state index in [4.69, 9.17) is 10.8 Å². The first-order valence-corrected chi connectivity index (χ1v) is 4.80. The van der Waals surface area contributed by atoms with Crippen LogP contribution in [0, 0.1) is 0 Å². The Morgan fingerprint density at radius 2 is 2.18 bits per heavy atom. The molecular formula is C9H12N4O4. The second-order valence-electron chi connectivity index (χ2n) is 3.28. The summed E-state index contributed by atoms with van der Waals surface area (Å²) in [5, 5.41) is 14.6. The standard InChI is InChI=1S/C9H12N4O4/c10-7(14)4-11-9(17)6-3-12-13(5-6)2-1-8(15)16/h3,5H,1-2,4H2,(H2,10,14)(H,11,17)(H,15,16). The van der Waals surface area contributed by atoms with Crippen molar-refractivity contribution in [2.24, 2.45) is 5.73 Å². The van der Waals surface area contributed by atoms with Gasteiger partial charge in [-0.3, -0.25) is 19.1 Å². The zero-order valence-electron chi connectivity index (χ0n) is 8.92. The summed E-state index contributed by atoms with van der Waals surface area (Å²) in [5.41, 5.74) is 5.11. The molecule has 0 radical (unpaired) electrons. The van der Waals surface area contributed by atoms with Gasteiger partial charge in [0.05, 0.1) is 31.3 Å². The maximum atomic E-state index is 11.4. The lowest BCUT2D eigenvalue weighted by atomic mass is 10.3. The van der Waals surface area contributed by atoms with Crippen molar-refractivity contribution in [2.75, 3.05) is 6.54 Å². The molecule has 0 unspecified atom stereocenters. The molecule has 0 aliphatic rings. The van der Waals surface area contributed by atoms with E-state index in [0.29, 0.717) is 0 Å². The Labute approximate surface area is 96.4 Å². The monoisotopic (exact) mass is 240 g/mol. The number of aryl methyl sites for hydroxylation is 1. The highest BCUT2D eigenvalue weighted by molar-refractivity contribution is 5.95. The van der Waals surface area contributed by atoms with Gasteiger partial charge in [0.1, 0.15) is 0 Å². The third-order valence-electron chi connectivity index (χ3n) is 1.87. The molecule has 0 spiro atoms. The van der Waals surface area contributed by atoms with Crippen molar-refractivity contribution >= 4 is 17.8 Å². The lowest BCUT2D eigenvalue weighted by Gasteiger charge is -1.99. The fourth-order valence-electron chi connectivity index (χ4n) is 1.08. The summed E-state index contributed by atoms with van der Waals surface area (Å²) in [7, 11) is 0. The van der Waals surface area contributed by atoms with Gasteiger partial charge < -0.3 is 16.2 Å². The van der Waals surface area contributed by atoms with E-state index in [1.54, 1.807) is 0 Å². The van der Waals surface area contributed by atoms with Crippen molar-refractivity contribution in [3.05, 3.63) is 18.0 Å². The second-order valence-corrected chi connectivity index (χ2v) is 3.28. The van der Waals surface area contributed by atoms with Gasteiger partial charge in [0.15, 0.2) is 0 Å². The Morgan fingerprint density at radius 1 is 1.47 bits per heavy atom. The molecule has 0 saturated heterocycles. The van der Waals surface area contributed by atoms with Gasteiger partial charge in [-0.05, 0) is 0 Å². The summed E-state index contributed by atoms with van der Waals surface area (Å²) in [6.07, 6.45) is 2.61. The SMILES string of the molecule is NC(=O)CNC(=O)c1cnn(CCC(=O)O)c1. The number of amides is 2. The van der Waals surface area contributed by atoms with Crippen molar-refractivity contribution in [1.29, 1.82) is 0 Å². The average Bonchev–Trinajstić information content (AvgIpc) is 2.71. The van der Waals surface area contributed by atoms with E-state index in [1.807, 2.05) is 0 Å². The number of carbonyl (C=O) groups excluding carboxylic acids is 2. The van der Waals surface area contributed by atoms with Gasteiger partial charge in [-0.1, -0.05) is 0 Å². The minimum atomic E-state index is -0.944. The quantitative estimate of drug-likeness (QED) is 0.561. The third kappa shape index (κ3) is 4.33. The Hall–Kier alpha value is -2.38. The van der Waals surface area contributed by atoms with Gasteiger partial charge >= 0.3 is 5.97 Å². The first-order valence-electron chi connectivity index (χ1n) is 4.80. The van der Waals surface area contributed by atoms with Gasteiger partial charge in [0.2, 0.25) is 5.91 Å². The molecule has 1 aromatic rings. The predicted octanol–water partition coefficient (Wildman–Crippen LogP) is -1.43. The maximum Gasteiger partial charge on any atom is 0.305 e. The molecule has 1 heterocycles. The normalized spacial score (nSPS) is 9.88. The summed E-state index contributed by atoms with van der Waals surface area (Å²) in [6.45, 7) is -0.0719. The van der Waals surface area contributed by atoms with E-state index >= 15 is 0 Å². The van der Waals surface area contributed by atoms with Gasteiger partial charge in [0, 0.05) is 6.20 Å². The minimum Gasteiger partial charge on any atom is -0.481 e. The Morgan fingerprint density at radius 3 is 2.76 bits per heavy atom. The van der Waals surface area contributed by atoms with Crippen molar-refractivity contribution in [1.82, 2.24) is 15.1 Å². The molecule has 0 aliphatic heterocycles. The van der Waals surface area contributed by atoms with Crippen LogP contribution in [0.25, 0.3) is 0 Å². The minimum absolute atomic E-state index is 0.0793. The molecule has 0 bridgehead atoms. The van der Waals surface area contributed by atoms with E-state index in [1.165, 1.54) is 17.1 Å². The van der Waals surface area contributed by atoms with Crippen molar-refractivity contribution in [3.63, 3.8) is 0 Å². The molecule has 2 amide bonds. The molecule has 0 fully saturated rings. The number of nitrogens with zero attached hydrogens (tertiary/aromatic N) is 2. The first-order chi connectivity index (χ1) is 7.99. The summed E-state index contributed by atoms with van der Waals surface area (Å²) in [4.78, 5) is 32.2. The largest absolute Gasteiger partial charge is 0.481 e. The molecule has 4 N–H and O–H groups in total. The van der Waals surface area contributed by atoms with Crippen LogP contribution in [0.3, 0.4) is 0 Å². The fraction of sp³-hybridized carbons (Fsp3) is 0.333. The average molecular weight is 240 g/mol. The van der Waals surface area contributed by atoms with E-state index in [-0.39, 0.29) is 25.1 Å². The lowest BCUT2D eigenvalue weighted by molar-refractivity contribution is -0.137. The summed E-state index contributed by atoms with van der Waals surface area (Å²) in [5.74, 6) is -2.07. The number of rotatable bonds is 6. The number of aromatic nitrogens is 2. The fourth-order valence-corrected chi connectivity index (χ4v) is 1.08. The number of carboxylic acids is 1. The molecule has 0 saturated carbocycles. The molecule has 0 aliphatic carbocycles. The highest BCUT2D eigenvalue weighted by atomic mass is 16.4. The van der Waals surface area contributed by atoms with E-state index in [9.17, 15) is 14.4 Å². The molecule has 0 aromatic carbocycles. The van der Waals surface area contributed by atoms with E-state index in [2.05, 4.69) is 10.4 Å². The molecule has 1 aromatic heterocycles.